The molecule has 0 bridgehead atoms. The van der Waals surface area contributed by atoms with Crippen molar-refractivity contribution in [2.24, 2.45) is 5.41 Å². The first-order valence-corrected chi connectivity index (χ1v) is 6.01. The molecule has 1 rings (SSSR count). The number of hydrogen-bond donors (Lipinski definition) is 1. The average molecular weight is 199 g/mol. The summed E-state index contributed by atoms with van der Waals surface area (Å²) >= 11 is 0. The van der Waals surface area contributed by atoms with Crippen molar-refractivity contribution in [1.29, 1.82) is 0 Å². The van der Waals surface area contributed by atoms with Gasteiger partial charge in [-0.2, -0.15) is 0 Å². The Bertz CT molecular complexity index is 156. The minimum absolute atomic E-state index is 0.341. The van der Waals surface area contributed by atoms with Crippen molar-refractivity contribution in [1.82, 2.24) is 5.32 Å². The van der Waals surface area contributed by atoms with Crippen molar-refractivity contribution in [2.45, 2.75) is 52.5 Å². The minimum Gasteiger partial charge on any atom is -0.381 e. The molecule has 1 atom stereocenters. The molecule has 1 N–H and O–H groups in total. The van der Waals surface area contributed by atoms with Crippen LogP contribution in [-0.4, -0.2) is 25.8 Å². The molecular formula is C12H25NO. The standard InChI is InChI=1S/C12H25NO/c1-4-8-12(3,10-14-5-2)9-13-11-6-7-11/h11,13H,4-10H2,1-3H3. The smallest absolute Gasteiger partial charge is 0.0531 e. The molecule has 0 heterocycles. The van der Waals surface area contributed by atoms with Gasteiger partial charge in [0.2, 0.25) is 0 Å². The normalized spacial score (nSPS) is 20.8. The van der Waals surface area contributed by atoms with Gasteiger partial charge in [-0.1, -0.05) is 20.3 Å². The molecular weight excluding hydrogens is 174 g/mol. The van der Waals surface area contributed by atoms with Gasteiger partial charge in [-0.15, -0.1) is 0 Å². The van der Waals surface area contributed by atoms with Gasteiger partial charge in [0.25, 0.3) is 0 Å². The summed E-state index contributed by atoms with van der Waals surface area (Å²) < 4.78 is 5.56. The number of hydrogen-bond acceptors (Lipinski definition) is 2. The zero-order chi connectivity index (χ0) is 10.4. The molecule has 0 aliphatic heterocycles. The fourth-order valence-corrected chi connectivity index (χ4v) is 1.84. The lowest BCUT2D eigenvalue weighted by Gasteiger charge is -2.29. The van der Waals surface area contributed by atoms with Gasteiger partial charge < -0.3 is 10.1 Å². The van der Waals surface area contributed by atoms with Crippen molar-refractivity contribution in [2.75, 3.05) is 19.8 Å². The molecule has 0 aromatic rings. The molecule has 1 unspecified atom stereocenters. The van der Waals surface area contributed by atoms with E-state index in [1.165, 1.54) is 25.7 Å². The zero-order valence-corrected chi connectivity index (χ0v) is 9.94. The van der Waals surface area contributed by atoms with E-state index in [1.54, 1.807) is 0 Å². The lowest BCUT2D eigenvalue weighted by Crippen LogP contribution is -2.36. The molecule has 1 aliphatic rings. The van der Waals surface area contributed by atoms with Crippen LogP contribution in [-0.2, 0) is 4.74 Å². The van der Waals surface area contributed by atoms with E-state index in [2.05, 4.69) is 26.1 Å². The van der Waals surface area contributed by atoms with Crippen molar-refractivity contribution < 1.29 is 4.74 Å². The first kappa shape index (κ1) is 12.0. The van der Waals surface area contributed by atoms with Crippen molar-refractivity contribution in [3.63, 3.8) is 0 Å². The molecule has 14 heavy (non-hydrogen) atoms. The SMILES string of the molecule is CCCC(C)(CNC1CC1)COCC. The van der Waals surface area contributed by atoms with Crippen molar-refractivity contribution in [3.8, 4) is 0 Å². The summed E-state index contributed by atoms with van der Waals surface area (Å²) in [6.45, 7) is 9.51. The fraction of sp³-hybridized carbons (Fsp3) is 1.00. The molecule has 84 valence electrons. The van der Waals surface area contributed by atoms with Gasteiger partial charge >= 0.3 is 0 Å². The van der Waals surface area contributed by atoms with E-state index in [0.717, 1.165) is 25.8 Å². The second-order valence-electron chi connectivity index (χ2n) is 4.85. The quantitative estimate of drug-likeness (QED) is 0.649. The Kier molecular flexibility index (Phi) is 4.90. The molecule has 2 heteroatoms. The Balaban J connectivity index is 2.24. The summed E-state index contributed by atoms with van der Waals surface area (Å²) in [6, 6.07) is 0.813. The third-order valence-corrected chi connectivity index (χ3v) is 2.90. The second-order valence-corrected chi connectivity index (χ2v) is 4.85. The Hall–Kier alpha value is -0.0800. The van der Waals surface area contributed by atoms with E-state index in [-0.39, 0.29) is 0 Å². The Labute approximate surface area is 88.4 Å². The molecule has 1 aliphatic carbocycles. The highest BCUT2D eigenvalue weighted by Crippen LogP contribution is 2.26. The first-order chi connectivity index (χ1) is 6.70. The molecule has 1 fully saturated rings. The zero-order valence-electron chi connectivity index (χ0n) is 9.94. The van der Waals surface area contributed by atoms with E-state index < -0.39 is 0 Å². The molecule has 0 aromatic heterocycles. The summed E-state index contributed by atoms with van der Waals surface area (Å²) in [7, 11) is 0. The van der Waals surface area contributed by atoms with Crippen LogP contribution in [0.15, 0.2) is 0 Å². The van der Waals surface area contributed by atoms with Crippen LogP contribution in [0.2, 0.25) is 0 Å². The summed E-state index contributed by atoms with van der Waals surface area (Å²) in [5, 5.41) is 3.61. The van der Waals surface area contributed by atoms with Crippen LogP contribution in [0.1, 0.15) is 46.5 Å². The van der Waals surface area contributed by atoms with Crippen LogP contribution >= 0.6 is 0 Å². The lowest BCUT2D eigenvalue weighted by molar-refractivity contribution is 0.0546. The number of ether oxygens (including phenoxy) is 1. The van der Waals surface area contributed by atoms with Gasteiger partial charge in [-0.05, 0) is 26.2 Å². The summed E-state index contributed by atoms with van der Waals surface area (Å²) in [5.74, 6) is 0. The summed E-state index contributed by atoms with van der Waals surface area (Å²) in [5.41, 5.74) is 0.341. The minimum atomic E-state index is 0.341. The maximum Gasteiger partial charge on any atom is 0.0531 e. The van der Waals surface area contributed by atoms with Gasteiger partial charge in [-0.25, -0.2) is 0 Å². The highest BCUT2D eigenvalue weighted by atomic mass is 16.5. The Morgan fingerprint density at radius 2 is 2.07 bits per heavy atom. The van der Waals surface area contributed by atoms with E-state index >= 15 is 0 Å². The average Bonchev–Trinajstić information content (AvgIpc) is 2.96. The van der Waals surface area contributed by atoms with Gasteiger partial charge in [0.15, 0.2) is 0 Å². The van der Waals surface area contributed by atoms with Gasteiger partial charge in [0, 0.05) is 24.6 Å². The fourth-order valence-electron chi connectivity index (χ4n) is 1.84. The van der Waals surface area contributed by atoms with Crippen LogP contribution < -0.4 is 5.32 Å². The largest absolute Gasteiger partial charge is 0.381 e. The monoisotopic (exact) mass is 199 g/mol. The molecule has 0 spiro atoms. The molecule has 0 saturated heterocycles. The van der Waals surface area contributed by atoms with Gasteiger partial charge in [-0.3, -0.25) is 0 Å². The van der Waals surface area contributed by atoms with E-state index in [1.807, 2.05) is 0 Å². The van der Waals surface area contributed by atoms with Gasteiger partial charge in [0.05, 0.1) is 6.61 Å². The van der Waals surface area contributed by atoms with Crippen molar-refractivity contribution in [3.05, 3.63) is 0 Å². The summed E-state index contributed by atoms with van der Waals surface area (Å²) in [6.07, 6.45) is 5.25. The topological polar surface area (TPSA) is 21.3 Å². The predicted octanol–water partition coefficient (Wildman–Crippen LogP) is 2.58. The second kappa shape index (κ2) is 5.72. The Morgan fingerprint density at radius 3 is 2.57 bits per heavy atom. The first-order valence-electron chi connectivity index (χ1n) is 6.01. The highest BCUT2D eigenvalue weighted by Gasteiger charge is 2.28. The summed E-state index contributed by atoms with van der Waals surface area (Å²) in [4.78, 5) is 0. The van der Waals surface area contributed by atoms with Crippen LogP contribution in [0.3, 0.4) is 0 Å². The predicted molar refractivity (Wildman–Crippen MR) is 60.5 cm³/mol. The molecule has 2 nitrogen and oxygen atoms in total. The van der Waals surface area contributed by atoms with Crippen LogP contribution in [0.25, 0.3) is 0 Å². The Morgan fingerprint density at radius 1 is 1.36 bits per heavy atom. The lowest BCUT2D eigenvalue weighted by atomic mass is 9.86. The third kappa shape index (κ3) is 4.43. The van der Waals surface area contributed by atoms with Gasteiger partial charge in [0.1, 0.15) is 0 Å². The van der Waals surface area contributed by atoms with E-state index in [4.69, 9.17) is 4.74 Å². The molecule has 0 amide bonds. The highest BCUT2D eigenvalue weighted by molar-refractivity contribution is 4.85. The number of nitrogens with one attached hydrogen (secondary N) is 1. The van der Waals surface area contributed by atoms with E-state index in [9.17, 15) is 0 Å². The van der Waals surface area contributed by atoms with E-state index in [0.29, 0.717) is 5.41 Å². The molecule has 0 aromatic carbocycles. The third-order valence-electron chi connectivity index (χ3n) is 2.90. The van der Waals surface area contributed by atoms with Crippen molar-refractivity contribution >= 4 is 0 Å². The number of rotatable bonds is 8. The maximum absolute atomic E-state index is 5.56. The van der Waals surface area contributed by atoms with Crippen LogP contribution in [0.5, 0.6) is 0 Å². The van der Waals surface area contributed by atoms with Crippen LogP contribution in [0, 0.1) is 5.41 Å². The molecule has 1 saturated carbocycles. The molecule has 0 radical (unpaired) electrons. The maximum atomic E-state index is 5.56. The van der Waals surface area contributed by atoms with Crippen LogP contribution in [0.4, 0.5) is 0 Å².